The molecule has 1 aliphatic heterocycles. The van der Waals surface area contributed by atoms with Crippen molar-refractivity contribution in [2.24, 2.45) is 0 Å². The molecule has 1 amide bonds. The molecule has 1 aliphatic rings. The maximum Gasteiger partial charge on any atom is 0.253 e. The highest BCUT2D eigenvalue weighted by atomic mass is 35.5. The van der Waals surface area contributed by atoms with Gasteiger partial charge in [-0.3, -0.25) is 9.69 Å². The lowest BCUT2D eigenvalue weighted by atomic mass is 10.1. The summed E-state index contributed by atoms with van der Waals surface area (Å²) in [6.07, 6.45) is 0.998. The minimum atomic E-state index is 0.142. The normalized spacial score (nSPS) is 15.5. The second kappa shape index (κ2) is 7.82. The standard InChI is InChI=1S/C20H23ClN2O/c1-2-16-3-7-18(8-4-16)20(24)23-13-11-22(12-14-23)15-17-5-9-19(21)10-6-17/h3-10H,2,11-15H2,1H3. The maximum atomic E-state index is 12.6. The number of nitrogens with zero attached hydrogens (tertiary/aromatic N) is 2. The Kier molecular flexibility index (Phi) is 5.54. The van der Waals surface area contributed by atoms with Crippen molar-refractivity contribution in [2.75, 3.05) is 26.2 Å². The van der Waals surface area contributed by atoms with Crippen LogP contribution in [-0.2, 0) is 13.0 Å². The van der Waals surface area contributed by atoms with E-state index in [0.717, 1.165) is 49.7 Å². The first-order chi connectivity index (χ1) is 11.7. The summed E-state index contributed by atoms with van der Waals surface area (Å²) < 4.78 is 0. The van der Waals surface area contributed by atoms with E-state index >= 15 is 0 Å². The largest absolute Gasteiger partial charge is 0.336 e. The van der Waals surface area contributed by atoms with Gasteiger partial charge in [-0.15, -0.1) is 0 Å². The van der Waals surface area contributed by atoms with Crippen molar-refractivity contribution in [3.8, 4) is 0 Å². The van der Waals surface area contributed by atoms with Crippen LogP contribution in [0.5, 0.6) is 0 Å². The summed E-state index contributed by atoms with van der Waals surface area (Å²) in [7, 11) is 0. The Morgan fingerprint density at radius 1 is 0.917 bits per heavy atom. The Labute approximate surface area is 148 Å². The van der Waals surface area contributed by atoms with E-state index in [9.17, 15) is 4.79 Å². The fourth-order valence-corrected chi connectivity index (χ4v) is 3.15. The number of carbonyl (C=O) groups is 1. The fourth-order valence-electron chi connectivity index (χ4n) is 3.02. The van der Waals surface area contributed by atoms with Crippen LogP contribution in [0.1, 0.15) is 28.4 Å². The summed E-state index contributed by atoms with van der Waals surface area (Å²) in [6.45, 7) is 6.40. The van der Waals surface area contributed by atoms with Gasteiger partial charge in [-0.1, -0.05) is 42.8 Å². The average Bonchev–Trinajstić information content (AvgIpc) is 2.64. The SMILES string of the molecule is CCc1ccc(C(=O)N2CCN(Cc3ccc(Cl)cc3)CC2)cc1. The van der Waals surface area contributed by atoms with Crippen LogP contribution in [0.3, 0.4) is 0 Å². The highest BCUT2D eigenvalue weighted by Crippen LogP contribution is 2.14. The lowest BCUT2D eigenvalue weighted by Crippen LogP contribution is -2.48. The van der Waals surface area contributed by atoms with Gasteiger partial charge in [-0.05, 0) is 41.8 Å². The van der Waals surface area contributed by atoms with Crippen molar-refractivity contribution in [1.29, 1.82) is 0 Å². The first-order valence-electron chi connectivity index (χ1n) is 8.50. The van der Waals surface area contributed by atoms with E-state index in [-0.39, 0.29) is 5.91 Å². The number of aryl methyl sites for hydroxylation is 1. The van der Waals surface area contributed by atoms with Gasteiger partial charge in [0.1, 0.15) is 0 Å². The van der Waals surface area contributed by atoms with E-state index in [2.05, 4.69) is 24.0 Å². The Bertz CT molecular complexity index is 674. The first-order valence-corrected chi connectivity index (χ1v) is 8.88. The van der Waals surface area contributed by atoms with Crippen LogP contribution in [-0.4, -0.2) is 41.9 Å². The molecule has 0 radical (unpaired) electrons. The van der Waals surface area contributed by atoms with E-state index in [4.69, 9.17) is 11.6 Å². The van der Waals surface area contributed by atoms with Crippen molar-refractivity contribution in [2.45, 2.75) is 19.9 Å². The van der Waals surface area contributed by atoms with Gasteiger partial charge in [0.2, 0.25) is 0 Å². The maximum absolute atomic E-state index is 12.6. The molecule has 0 aromatic heterocycles. The van der Waals surface area contributed by atoms with Crippen molar-refractivity contribution >= 4 is 17.5 Å². The molecule has 0 bridgehead atoms. The Morgan fingerprint density at radius 2 is 1.50 bits per heavy atom. The van der Waals surface area contributed by atoms with Crippen LogP contribution in [0.15, 0.2) is 48.5 Å². The lowest BCUT2D eigenvalue weighted by Gasteiger charge is -2.34. The van der Waals surface area contributed by atoms with Gasteiger partial charge >= 0.3 is 0 Å². The Hall–Kier alpha value is -1.84. The smallest absolute Gasteiger partial charge is 0.253 e. The van der Waals surface area contributed by atoms with Crippen LogP contribution in [0, 0.1) is 0 Å². The van der Waals surface area contributed by atoms with Crippen LogP contribution in [0.25, 0.3) is 0 Å². The molecule has 126 valence electrons. The minimum absolute atomic E-state index is 0.142. The third kappa shape index (κ3) is 4.16. The monoisotopic (exact) mass is 342 g/mol. The molecule has 3 nitrogen and oxygen atoms in total. The van der Waals surface area contributed by atoms with E-state index in [1.54, 1.807) is 0 Å². The van der Waals surface area contributed by atoms with E-state index < -0.39 is 0 Å². The molecule has 1 saturated heterocycles. The molecule has 4 heteroatoms. The summed E-state index contributed by atoms with van der Waals surface area (Å²) in [4.78, 5) is 16.9. The van der Waals surface area contributed by atoms with Crippen LogP contribution >= 0.6 is 11.6 Å². The van der Waals surface area contributed by atoms with Crippen molar-refractivity contribution in [1.82, 2.24) is 9.80 Å². The summed E-state index contributed by atoms with van der Waals surface area (Å²) in [6, 6.07) is 16.0. The third-order valence-corrected chi connectivity index (χ3v) is 4.84. The molecule has 0 unspecified atom stereocenters. The van der Waals surface area contributed by atoms with Gasteiger partial charge < -0.3 is 4.90 Å². The van der Waals surface area contributed by atoms with E-state index in [1.807, 2.05) is 41.3 Å². The van der Waals surface area contributed by atoms with Gasteiger partial charge in [-0.2, -0.15) is 0 Å². The van der Waals surface area contributed by atoms with Gasteiger partial charge in [0.05, 0.1) is 0 Å². The summed E-state index contributed by atoms with van der Waals surface area (Å²) in [5, 5.41) is 0.767. The van der Waals surface area contributed by atoms with Crippen molar-refractivity contribution < 1.29 is 4.79 Å². The fraction of sp³-hybridized carbons (Fsp3) is 0.350. The van der Waals surface area contributed by atoms with Crippen LogP contribution in [0.2, 0.25) is 5.02 Å². The number of piperazine rings is 1. The van der Waals surface area contributed by atoms with Gasteiger partial charge in [0.15, 0.2) is 0 Å². The quantitative estimate of drug-likeness (QED) is 0.842. The molecule has 0 aliphatic carbocycles. The molecule has 0 saturated carbocycles. The number of rotatable bonds is 4. The van der Waals surface area contributed by atoms with Gasteiger partial charge in [0, 0.05) is 43.3 Å². The van der Waals surface area contributed by atoms with Crippen molar-refractivity contribution in [3.63, 3.8) is 0 Å². The second-order valence-electron chi connectivity index (χ2n) is 6.25. The van der Waals surface area contributed by atoms with Gasteiger partial charge in [0.25, 0.3) is 5.91 Å². The highest BCUT2D eigenvalue weighted by Gasteiger charge is 2.22. The van der Waals surface area contributed by atoms with Crippen LogP contribution in [0.4, 0.5) is 0 Å². The zero-order chi connectivity index (χ0) is 16.9. The number of hydrogen-bond acceptors (Lipinski definition) is 2. The van der Waals surface area contributed by atoms with Gasteiger partial charge in [-0.25, -0.2) is 0 Å². The molecular formula is C20H23ClN2O. The Morgan fingerprint density at radius 3 is 2.08 bits per heavy atom. The molecular weight excluding hydrogens is 320 g/mol. The first kappa shape index (κ1) is 17.0. The van der Waals surface area contributed by atoms with E-state index in [0.29, 0.717) is 0 Å². The zero-order valence-corrected chi connectivity index (χ0v) is 14.8. The molecule has 24 heavy (non-hydrogen) atoms. The average molecular weight is 343 g/mol. The molecule has 0 spiro atoms. The predicted octanol–water partition coefficient (Wildman–Crippen LogP) is 3.86. The zero-order valence-electron chi connectivity index (χ0n) is 14.0. The number of amides is 1. The lowest BCUT2D eigenvalue weighted by molar-refractivity contribution is 0.0628. The van der Waals surface area contributed by atoms with Crippen LogP contribution < -0.4 is 0 Å². The minimum Gasteiger partial charge on any atom is -0.336 e. The molecule has 0 N–H and O–H groups in total. The molecule has 3 rings (SSSR count). The molecule has 0 atom stereocenters. The summed E-state index contributed by atoms with van der Waals surface area (Å²) in [5.74, 6) is 0.142. The summed E-state index contributed by atoms with van der Waals surface area (Å²) >= 11 is 5.93. The topological polar surface area (TPSA) is 23.6 Å². The number of carbonyl (C=O) groups excluding carboxylic acids is 1. The second-order valence-corrected chi connectivity index (χ2v) is 6.68. The number of hydrogen-bond donors (Lipinski definition) is 0. The third-order valence-electron chi connectivity index (χ3n) is 4.59. The molecule has 2 aromatic rings. The molecule has 1 heterocycles. The highest BCUT2D eigenvalue weighted by molar-refractivity contribution is 6.30. The Balaban J connectivity index is 1.54. The molecule has 2 aromatic carbocycles. The predicted molar refractivity (Wildman–Crippen MR) is 98.5 cm³/mol. The number of halogens is 1. The van der Waals surface area contributed by atoms with Crippen molar-refractivity contribution in [3.05, 3.63) is 70.2 Å². The molecule has 1 fully saturated rings. The number of benzene rings is 2. The summed E-state index contributed by atoms with van der Waals surface area (Å²) in [5.41, 5.74) is 3.31. The van der Waals surface area contributed by atoms with E-state index in [1.165, 1.54) is 11.1 Å².